The van der Waals surface area contributed by atoms with Gasteiger partial charge in [-0.25, -0.2) is 13.5 Å². The summed E-state index contributed by atoms with van der Waals surface area (Å²) in [5.41, 5.74) is 3.68. The number of halogens is 2. The Morgan fingerprint density at radius 3 is 2.69 bits per heavy atom. The Morgan fingerprint density at radius 2 is 2.00 bits per heavy atom. The molecule has 32 heavy (non-hydrogen) atoms. The first-order chi connectivity index (χ1) is 15.4. The van der Waals surface area contributed by atoms with Gasteiger partial charge in [0.2, 0.25) is 5.92 Å². The Kier molecular flexibility index (Phi) is 5.84. The van der Waals surface area contributed by atoms with Gasteiger partial charge in [-0.3, -0.25) is 5.32 Å². The quantitative estimate of drug-likeness (QED) is 0.632. The number of tetrazole rings is 1. The maximum Gasteiger partial charge on any atom is 0.248 e. The van der Waals surface area contributed by atoms with Crippen LogP contribution in [0.4, 0.5) is 8.78 Å². The molecule has 2 saturated carbocycles. The van der Waals surface area contributed by atoms with Crippen LogP contribution in [-0.2, 0) is 4.74 Å². The molecule has 6 nitrogen and oxygen atoms in total. The largest absolute Gasteiger partial charge is 0.372 e. The number of nitrogens with zero attached hydrogens (tertiary/aromatic N) is 4. The van der Waals surface area contributed by atoms with Crippen molar-refractivity contribution in [3.05, 3.63) is 53.4 Å². The highest BCUT2D eigenvalue weighted by Crippen LogP contribution is 2.42. The van der Waals surface area contributed by atoms with Crippen molar-refractivity contribution >= 4 is 0 Å². The SMILES string of the molecule is C=C[C@@H]1OCC[C@H]1NC(c1ccc(C2CC2)cc1C)c1nnnn1C1CCC(F)(F)CC1. The summed E-state index contributed by atoms with van der Waals surface area (Å²) in [6.07, 6.45) is 5.62. The third-order valence-electron chi connectivity index (χ3n) is 7.21. The summed E-state index contributed by atoms with van der Waals surface area (Å²) in [6.45, 7) is 6.71. The zero-order valence-electron chi connectivity index (χ0n) is 18.5. The molecule has 1 unspecified atom stereocenters. The number of hydrogen-bond donors (Lipinski definition) is 1. The second kappa shape index (κ2) is 8.63. The minimum Gasteiger partial charge on any atom is -0.372 e. The second-order valence-electron chi connectivity index (χ2n) is 9.53. The Labute approximate surface area is 187 Å². The number of aryl methyl sites for hydroxylation is 1. The number of hydrogen-bond acceptors (Lipinski definition) is 5. The molecule has 2 heterocycles. The molecule has 2 aliphatic carbocycles. The minimum absolute atomic E-state index is 0.0822. The van der Waals surface area contributed by atoms with Crippen LogP contribution < -0.4 is 5.32 Å². The highest BCUT2D eigenvalue weighted by atomic mass is 19.3. The molecule has 0 amide bonds. The van der Waals surface area contributed by atoms with Crippen molar-refractivity contribution in [3.63, 3.8) is 0 Å². The first kappa shape index (κ1) is 21.6. The van der Waals surface area contributed by atoms with Crippen LogP contribution in [0.15, 0.2) is 30.9 Å². The predicted molar refractivity (Wildman–Crippen MR) is 117 cm³/mol. The van der Waals surface area contributed by atoms with Gasteiger partial charge in [-0.05, 0) is 72.1 Å². The molecule has 2 aromatic rings. The predicted octanol–water partition coefficient (Wildman–Crippen LogP) is 4.63. The third-order valence-corrected chi connectivity index (χ3v) is 7.21. The first-order valence-corrected chi connectivity index (χ1v) is 11.7. The van der Waals surface area contributed by atoms with Crippen LogP contribution in [-0.4, -0.2) is 44.9 Å². The van der Waals surface area contributed by atoms with E-state index in [0.29, 0.717) is 31.2 Å². The molecule has 8 heteroatoms. The summed E-state index contributed by atoms with van der Waals surface area (Å²) in [4.78, 5) is 0. The van der Waals surface area contributed by atoms with E-state index in [-0.39, 0.29) is 37.1 Å². The summed E-state index contributed by atoms with van der Waals surface area (Å²) in [5.74, 6) is -1.23. The Bertz CT molecular complexity index is 963. The van der Waals surface area contributed by atoms with Crippen molar-refractivity contribution in [1.82, 2.24) is 25.5 Å². The smallest absolute Gasteiger partial charge is 0.248 e. The summed E-state index contributed by atoms with van der Waals surface area (Å²) >= 11 is 0. The Balaban J connectivity index is 1.48. The zero-order valence-corrected chi connectivity index (χ0v) is 18.5. The summed E-state index contributed by atoms with van der Waals surface area (Å²) < 4.78 is 35.1. The molecule has 3 aliphatic rings. The summed E-state index contributed by atoms with van der Waals surface area (Å²) in [5, 5.41) is 16.3. The van der Waals surface area contributed by atoms with E-state index < -0.39 is 5.92 Å². The first-order valence-electron chi connectivity index (χ1n) is 11.7. The van der Waals surface area contributed by atoms with Gasteiger partial charge in [-0.2, -0.15) is 0 Å². The van der Waals surface area contributed by atoms with Gasteiger partial charge in [0.1, 0.15) is 0 Å². The molecule has 1 N–H and O–H groups in total. The van der Waals surface area contributed by atoms with Crippen LogP contribution in [0.25, 0.3) is 0 Å². The Morgan fingerprint density at radius 1 is 1.22 bits per heavy atom. The van der Waals surface area contributed by atoms with E-state index in [1.807, 2.05) is 6.08 Å². The van der Waals surface area contributed by atoms with E-state index in [2.05, 4.69) is 52.5 Å². The van der Waals surface area contributed by atoms with Crippen molar-refractivity contribution in [2.24, 2.45) is 0 Å². The zero-order chi connectivity index (χ0) is 22.3. The van der Waals surface area contributed by atoms with Crippen LogP contribution in [0.2, 0.25) is 0 Å². The Hall–Kier alpha value is -2.19. The van der Waals surface area contributed by atoms with E-state index in [9.17, 15) is 8.78 Å². The molecule has 5 rings (SSSR count). The van der Waals surface area contributed by atoms with Gasteiger partial charge in [0.25, 0.3) is 0 Å². The summed E-state index contributed by atoms with van der Waals surface area (Å²) in [6, 6.07) is 6.36. The van der Waals surface area contributed by atoms with Crippen LogP contribution in [0.5, 0.6) is 0 Å². The molecule has 172 valence electrons. The number of rotatable bonds is 7. The van der Waals surface area contributed by atoms with Crippen molar-refractivity contribution in [2.45, 2.75) is 87.9 Å². The molecule has 1 aromatic carbocycles. The van der Waals surface area contributed by atoms with Gasteiger partial charge in [0.05, 0.1) is 18.2 Å². The molecule has 0 spiro atoms. The lowest BCUT2D eigenvalue weighted by atomic mass is 9.91. The third kappa shape index (κ3) is 4.35. The van der Waals surface area contributed by atoms with Gasteiger partial charge >= 0.3 is 0 Å². The van der Waals surface area contributed by atoms with Gasteiger partial charge in [0.15, 0.2) is 5.82 Å². The number of nitrogens with one attached hydrogen (secondary N) is 1. The number of aromatic nitrogens is 4. The van der Waals surface area contributed by atoms with Crippen LogP contribution >= 0.6 is 0 Å². The fourth-order valence-electron chi connectivity index (χ4n) is 5.15. The lowest BCUT2D eigenvalue weighted by Crippen LogP contribution is -2.40. The fraction of sp³-hybridized carbons (Fsp3) is 0.625. The lowest BCUT2D eigenvalue weighted by molar-refractivity contribution is -0.0455. The fourth-order valence-corrected chi connectivity index (χ4v) is 5.15. The molecule has 3 fully saturated rings. The minimum atomic E-state index is -2.59. The average Bonchev–Trinajstić information content (AvgIpc) is 3.34. The molecule has 1 aliphatic heterocycles. The maximum atomic E-state index is 13.8. The number of ether oxygens (including phenoxy) is 1. The van der Waals surface area contributed by atoms with Crippen LogP contribution in [0.3, 0.4) is 0 Å². The van der Waals surface area contributed by atoms with Crippen molar-refractivity contribution in [3.8, 4) is 0 Å². The lowest BCUT2D eigenvalue weighted by Gasteiger charge is -2.31. The van der Waals surface area contributed by atoms with Crippen molar-refractivity contribution in [1.29, 1.82) is 0 Å². The molecule has 0 radical (unpaired) electrons. The molecule has 1 saturated heterocycles. The summed E-state index contributed by atoms with van der Waals surface area (Å²) in [7, 11) is 0. The number of alkyl halides is 2. The normalized spacial score (nSPS) is 26.8. The average molecular weight is 444 g/mol. The topological polar surface area (TPSA) is 64.9 Å². The van der Waals surface area contributed by atoms with Crippen LogP contribution in [0.1, 0.15) is 85.5 Å². The molecule has 0 bridgehead atoms. The van der Waals surface area contributed by atoms with Gasteiger partial charge < -0.3 is 4.74 Å². The highest BCUT2D eigenvalue weighted by molar-refractivity contribution is 5.39. The van der Waals surface area contributed by atoms with E-state index >= 15 is 0 Å². The van der Waals surface area contributed by atoms with Crippen LogP contribution in [0, 0.1) is 6.92 Å². The van der Waals surface area contributed by atoms with Gasteiger partial charge in [0, 0.05) is 25.5 Å². The van der Waals surface area contributed by atoms with Gasteiger partial charge in [-0.1, -0.05) is 24.3 Å². The number of benzene rings is 1. The highest BCUT2D eigenvalue weighted by Gasteiger charge is 2.38. The molecule has 1 aromatic heterocycles. The van der Waals surface area contributed by atoms with Crippen molar-refractivity contribution in [2.75, 3.05) is 6.61 Å². The van der Waals surface area contributed by atoms with Crippen molar-refractivity contribution < 1.29 is 13.5 Å². The monoisotopic (exact) mass is 443 g/mol. The second-order valence-corrected chi connectivity index (χ2v) is 9.53. The van der Waals surface area contributed by atoms with E-state index in [0.717, 1.165) is 12.0 Å². The standard InChI is InChI=1S/C24H31F2N5O/c1-3-21-20(10-13-32-21)27-22(19-7-6-17(14-15(19)2)16-4-5-16)23-28-29-30-31(23)18-8-11-24(25,26)12-9-18/h3,6-7,14,16,18,20-22,27H,1,4-5,8-13H2,2H3/t20-,21+,22?/m1/s1. The van der Waals surface area contributed by atoms with E-state index in [4.69, 9.17) is 4.74 Å². The van der Waals surface area contributed by atoms with Gasteiger partial charge in [-0.15, -0.1) is 11.7 Å². The molecular formula is C24H31F2N5O. The molecule has 3 atom stereocenters. The van der Waals surface area contributed by atoms with E-state index in [1.165, 1.54) is 24.0 Å². The molecular weight excluding hydrogens is 412 g/mol. The maximum absolute atomic E-state index is 13.8. The van der Waals surface area contributed by atoms with E-state index in [1.54, 1.807) is 4.68 Å².